The molecule has 0 bridgehead atoms. The number of anilines is 1. The van der Waals surface area contributed by atoms with E-state index in [-0.39, 0.29) is 11.7 Å². The summed E-state index contributed by atoms with van der Waals surface area (Å²) in [6.07, 6.45) is 0. The SMILES string of the molecule is Cc1cc(NC(=O)c2ccc(-c3ccc(Cl)cc3)o2)ccc1Br. The van der Waals surface area contributed by atoms with Crippen molar-refractivity contribution in [1.29, 1.82) is 0 Å². The molecule has 3 rings (SSSR count). The molecule has 5 heteroatoms. The number of amides is 1. The molecule has 0 unspecified atom stereocenters. The highest BCUT2D eigenvalue weighted by Crippen LogP contribution is 2.25. The van der Waals surface area contributed by atoms with Crippen LogP contribution in [0.25, 0.3) is 11.3 Å². The van der Waals surface area contributed by atoms with Crippen molar-refractivity contribution in [1.82, 2.24) is 0 Å². The van der Waals surface area contributed by atoms with Gasteiger partial charge in [0.05, 0.1) is 0 Å². The van der Waals surface area contributed by atoms with Crippen molar-refractivity contribution in [2.45, 2.75) is 6.92 Å². The number of nitrogens with one attached hydrogen (secondary N) is 1. The van der Waals surface area contributed by atoms with Crippen molar-refractivity contribution in [3.8, 4) is 11.3 Å². The molecule has 0 aliphatic carbocycles. The highest BCUT2D eigenvalue weighted by atomic mass is 79.9. The maximum Gasteiger partial charge on any atom is 0.291 e. The van der Waals surface area contributed by atoms with Crippen molar-refractivity contribution >= 4 is 39.1 Å². The number of furan rings is 1. The van der Waals surface area contributed by atoms with E-state index < -0.39 is 0 Å². The van der Waals surface area contributed by atoms with Crippen LogP contribution in [-0.2, 0) is 0 Å². The average molecular weight is 391 g/mol. The van der Waals surface area contributed by atoms with Gasteiger partial charge in [-0.3, -0.25) is 4.79 Å². The minimum absolute atomic E-state index is 0.260. The van der Waals surface area contributed by atoms with E-state index in [9.17, 15) is 4.79 Å². The van der Waals surface area contributed by atoms with Crippen LogP contribution in [0.15, 0.2) is 63.5 Å². The summed E-state index contributed by atoms with van der Waals surface area (Å²) in [5, 5.41) is 3.48. The van der Waals surface area contributed by atoms with Gasteiger partial charge in [-0.2, -0.15) is 0 Å². The fourth-order valence-electron chi connectivity index (χ4n) is 2.14. The molecule has 1 N–H and O–H groups in total. The third-order valence-corrected chi connectivity index (χ3v) is 4.52. The summed E-state index contributed by atoms with van der Waals surface area (Å²) in [5.41, 5.74) is 2.64. The zero-order chi connectivity index (χ0) is 16.4. The molecule has 3 aromatic rings. The Morgan fingerprint density at radius 1 is 1.09 bits per heavy atom. The molecule has 3 nitrogen and oxygen atoms in total. The fourth-order valence-corrected chi connectivity index (χ4v) is 2.52. The van der Waals surface area contributed by atoms with Crippen LogP contribution >= 0.6 is 27.5 Å². The molecule has 1 aromatic heterocycles. The molecule has 0 spiro atoms. The summed E-state index contributed by atoms with van der Waals surface area (Å²) < 4.78 is 6.63. The molecule has 0 radical (unpaired) electrons. The van der Waals surface area contributed by atoms with Gasteiger partial charge in [-0.05, 0) is 67.1 Å². The first-order chi connectivity index (χ1) is 11.0. The molecule has 0 aliphatic rings. The summed E-state index contributed by atoms with van der Waals surface area (Å²) in [6.45, 7) is 1.96. The Balaban J connectivity index is 1.78. The number of halogens is 2. The van der Waals surface area contributed by atoms with Gasteiger partial charge in [-0.15, -0.1) is 0 Å². The lowest BCUT2D eigenvalue weighted by Gasteiger charge is -2.05. The summed E-state index contributed by atoms with van der Waals surface area (Å²) in [5.74, 6) is 0.598. The first kappa shape index (κ1) is 15.8. The molecular formula is C18H13BrClNO2. The van der Waals surface area contributed by atoms with Crippen molar-refractivity contribution in [3.63, 3.8) is 0 Å². The first-order valence-corrected chi connectivity index (χ1v) is 8.13. The van der Waals surface area contributed by atoms with E-state index in [2.05, 4.69) is 21.2 Å². The maximum atomic E-state index is 12.3. The molecule has 1 heterocycles. The van der Waals surface area contributed by atoms with Crippen LogP contribution in [0, 0.1) is 6.92 Å². The van der Waals surface area contributed by atoms with Crippen LogP contribution in [0.1, 0.15) is 16.1 Å². The smallest absolute Gasteiger partial charge is 0.291 e. The predicted molar refractivity (Wildman–Crippen MR) is 96.0 cm³/mol. The monoisotopic (exact) mass is 389 g/mol. The van der Waals surface area contributed by atoms with E-state index in [1.54, 1.807) is 24.3 Å². The van der Waals surface area contributed by atoms with Gasteiger partial charge >= 0.3 is 0 Å². The van der Waals surface area contributed by atoms with Gasteiger partial charge in [-0.1, -0.05) is 27.5 Å². The lowest BCUT2D eigenvalue weighted by atomic mass is 10.2. The molecule has 23 heavy (non-hydrogen) atoms. The molecule has 0 atom stereocenters. The Bertz CT molecular complexity index is 856. The van der Waals surface area contributed by atoms with Crippen LogP contribution in [0.4, 0.5) is 5.69 Å². The highest BCUT2D eigenvalue weighted by molar-refractivity contribution is 9.10. The zero-order valence-corrected chi connectivity index (χ0v) is 14.6. The third kappa shape index (κ3) is 3.66. The van der Waals surface area contributed by atoms with Crippen molar-refractivity contribution in [3.05, 3.63) is 75.4 Å². The molecule has 116 valence electrons. The number of carbonyl (C=O) groups excluding carboxylic acids is 1. The Kier molecular flexibility index (Phi) is 4.55. The number of aryl methyl sites for hydroxylation is 1. The van der Waals surface area contributed by atoms with Crippen molar-refractivity contribution in [2.24, 2.45) is 0 Å². The van der Waals surface area contributed by atoms with Crippen LogP contribution in [0.2, 0.25) is 5.02 Å². The number of rotatable bonds is 3. The molecule has 0 saturated heterocycles. The quantitative estimate of drug-likeness (QED) is 0.603. The number of carbonyl (C=O) groups is 1. The molecule has 0 saturated carbocycles. The molecule has 2 aromatic carbocycles. The van der Waals surface area contributed by atoms with E-state index in [0.717, 1.165) is 21.3 Å². The van der Waals surface area contributed by atoms with Gasteiger partial charge < -0.3 is 9.73 Å². The van der Waals surface area contributed by atoms with Gasteiger partial charge in [0.2, 0.25) is 0 Å². The second-order valence-electron chi connectivity index (χ2n) is 5.09. The van der Waals surface area contributed by atoms with E-state index in [0.29, 0.717) is 10.8 Å². The highest BCUT2D eigenvalue weighted by Gasteiger charge is 2.13. The third-order valence-electron chi connectivity index (χ3n) is 3.37. The lowest BCUT2D eigenvalue weighted by Crippen LogP contribution is -2.10. The molecule has 0 fully saturated rings. The first-order valence-electron chi connectivity index (χ1n) is 6.96. The molecular weight excluding hydrogens is 378 g/mol. The number of hydrogen-bond donors (Lipinski definition) is 1. The maximum absolute atomic E-state index is 12.3. The largest absolute Gasteiger partial charge is 0.451 e. The van der Waals surface area contributed by atoms with Gasteiger partial charge in [0, 0.05) is 20.7 Å². The van der Waals surface area contributed by atoms with Crippen LogP contribution in [0.5, 0.6) is 0 Å². The zero-order valence-electron chi connectivity index (χ0n) is 12.3. The van der Waals surface area contributed by atoms with E-state index in [4.69, 9.17) is 16.0 Å². The van der Waals surface area contributed by atoms with E-state index in [1.807, 2.05) is 37.3 Å². The Morgan fingerprint density at radius 3 is 2.52 bits per heavy atom. The second kappa shape index (κ2) is 6.60. The topological polar surface area (TPSA) is 42.2 Å². The summed E-state index contributed by atoms with van der Waals surface area (Å²) in [6, 6.07) is 16.3. The van der Waals surface area contributed by atoms with Crippen LogP contribution in [0.3, 0.4) is 0 Å². The van der Waals surface area contributed by atoms with Gasteiger partial charge in [0.1, 0.15) is 5.76 Å². The predicted octanol–water partition coefficient (Wildman–Crippen LogP) is 5.92. The molecule has 1 amide bonds. The van der Waals surface area contributed by atoms with Crippen molar-refractivity contribution in [2.75, 3.05) is 5.32 Å². The second-order valence-corrected chi connectivity index (χ2v) is 6.38. The van der Waals surface area contributed by atoms with E-state index >= 15 is 0 Å². The van der Waals surface area contributed by atoms with Crippen LogP contribution < -0.4 is 5.32 Å². The van der Waals surface area contributed by atoms with E-state index in [1.165, 1.54) is 0 Å². The summed E-state index contributed by atoms with van der Waals surface area (Å²) in [7, 11) is 0. The van der Waals surface area contributed by atoms with Crippen molar-refractivity contribution < 1.29 is 9.21 Å². The lowest BCUT2D eigenvalue weighted by molar-refractivity contribution is 0.0997. The standard InChI is InChI=1S/C18H13BrClNO2/c1-11-10-14(6-7-15(11)19)21-18(22)17-9-8-16(23-17)12-2-4-13(20)5-3-12/h2-10H,1H3,(H,21,22). The Hall–Kier alpha value is -2.04. The summed E-state index contributed by atoms with van der Waals surface area (Å²) in [4.78, 5) is 12.3. The molecule has 0 aliphatic heterocycles. The van der Waals surface area contributed by atoms with Gasteiger partial charge in [0.25, 0.3) is 5.91 Å². The summed E-state index contributed by atoms with van der Waals surface area (Å²) >= 11 is 9.30. The number of hydrogen-bond acceptors (Lipinski definition) is 2. The fraction of sp³-hybridized carbons (Fsp3) is 0.0556. The minimum atomic E-state index is -0.285. The Morgan fingerprint density at radius 2 is 1.83 bits per heavy atom. The van der Waals surface area contributed by atoms with Gasteiger partial charge in [0.15, 0.2) is 5.76 Å². The van der Waals surface area contributed by atoms with Crippen LogP contribution in [-0.4, -0.2) is 5.91 Å². The Labute approximate surface area is 147 Å². The number of benzene rings is 2. The minimum Gasteiger partial charge on any atom is -0.451 e. The van der Waals surface area contributed by atoms with Gasteiger partial charge in [-0.25, -0.2) is 0 Å². The average Bonchev–Trinajstić information content (AvgIpc) is 3.02. The normalized spacial score (nSPS) is 10.6.